The van der Waals surface area contributed by atoms with E-state index in [0.29, 0.717) is 22.7 Å². The van der Waals surface area contributed by atoms with Crippen molar-refractivity contribution < 1.29 is 4.74 Å². The second kappa shape index (κ2) is 6.07. The van der Waals surface area contributed by atoms with Crippen LogP contribution in [0.25, 0.3) is 21.3 Å². The lowest BCUT2D eigenvalue weighted by Gasteiger charge is -2.08. The van der Waals surface area contributed by atoms with Crippen molar-refractivity contribution in [2.45, 2.75) is 25.4 Å². The molecule has 4 nitrogen and oxygen atoms in total. The Balaban J connectivity index is 1.78. The van der Waals surface area contributed by atoms with Gasteiger partial charge in [-0.2, -0.15) is 0 Å². The summed E-state index contributed by atoms with van der Waals surface area (Å²) < 4.78 is 5.62. The smallest absolute Gasteiger partial charge is 0.260 e. The molecular weight excluding hydrogens is 332 g/mol. The molecule has 4 rings (SSSR count). The highest BCUT2D eigenvalue weighted by atomic mass is 35.5. The fourth-order valence-electron chi connectivity index (χ4n) is 2.99. The van der Waals surface area contributed by atoms with E-state index >= 15 is 0 Å². The molecule has 0 spiro atoms. The first-order valence-electron chi connectivity index (χ1n) is 7.59. The third-order valence-corrected chi connectivity index (χ3v) is 5.30. The number of thiophene rings is 1. The molecule has 0 bridgehead atoms. The van der Waals surface area contributed by atoms with Gasteiger partial charge in [0.15, 0.2) is 0 Å². The molecule has 0 aliphatic carbocycles. The van der Waals surface area contributed by atoms with Crippen molar-refractivity contribution >= 4 is 33.2 Å². The van der Waals surface area contributed by atoms with E-state index in [4.69, 9.17) is 16.3 Å². The molecule has 118 valence electrons. The van der Waals surface area contributed by atoms with E-state index < -0.39 is 0 Å². The van der Waals surface area contributed by atoms with Gasteiger partial charge in [0.05, 0.1) is 11.5 Å². The van der Waals surface area contributed by atoms with Crippen LogP contribution in [-0.4, -0.2) is 22.7 Å². The Hall–Kier alpha value is -1.69. The van der Waals surface area contributed by atoms with E-state index in [1.807, 2.05) is 29.6 Å². The highest BCUT2D eigenvalue weighted by Gasteiger charge is 2.19. The number of nitrogens with one attached hydrogen (secondary N) is 1. The van der Waals surface area contributed by atoms with Crippen LogP contribution in [0.3, 0.4) is 0 Å². The molecule has 0 saturated carbocycles. The first-order chi connectivity index (χ1) is 11.2. The molecule has 3 heterocycles. The third-order valence-electron chi connectivity index (χ3n) is 4.10. The summed E-state index contributed by atoms with van der Waals surface area (Å²) >= 11 is 7.74. The Morgan fingerprint density at radius 1 is 1.35 bits per heavy atom. The zero-order chi connectivity index (χ0) is 15.8. The molecule has 1 aromatic carbocycles. The fourth-order valence-corrected chi connectivity index (χ4v) is 4.18. The Bertz CT molecular complexity index is 912. The Morgan fingerprint density at radius 2 is 2.22 bits per heavy atom. The molecule has 1 aliphatic heterocycles. The molecule has 1 aliphatic rings. The summed E-state index contributed by atoms with van der Waals surface area (Å²) in [6, 6.07) is 7.54. The van der Waals surface area contributed by atoms with Crippen molar-refractivity contribution in [3.63, 3.8) is 0 Å². The molecule has 3 aromatic rings. The molecule has 2 aromatic heterocycles. The van der Waals surface area contributed by atoms with Crippen LogP contribution in [0.2, 0.25) is 5.02 Å². The number of rotatable bonds is 3. The van der Waals surface area contributed by atoms with Crippen molar-refractivity contribution in [3.8, 4) is 11.1 Å². The van der Waals surface area contributed by atoms with Crippen LogP contribution < -0.4 is 5.56 Å². The Kier molecular flexibility index (Phi) is 3.93. The maximum Gasteiger partial charge on any atom is 0.260 e. The number of aromatic amines is 1. The third kappa shape index (κ3) is 2.80. The normalized spacial score (nSPS) is 17.9. The number of hydrogen-bond donors (Lipinski definition) is 1. The second-order valence-electron chi connectivity index (χ2n) is 5.66. The predicted molar refractivity (Wildman–Crippen MR) is 93.4 cm³/mol. The van der Waals surface area contributed by atoms with E-state index in [1.54, 1.807) is 0 Å². The summed E-state index contributed by atoms with van der Waals surface area (Å²) in [6.07, 6.45) is 2.92. The van der Waals surface area contributed by atoms with E-state index in [2.05, 4.69) is 9.97 Å². The summed E-state index contributed by atoms with van der Waals surface area (Å²) in [5, 5.41) is 3.19. The van der Waals surface area contributed by atoms with Crippen LogP contribution in [0, 0.1) is 0 Å². The zero-order valence-electron chi connectivity index (χ0n) is 12.3. The lowest BCUT2D eigenvalue weighted by molar-refractivity contribution is 0.110. The topological polar surface area (TPSA) is 55.0 Å². The average Bonchev–Trinajstić information content (AvgIpc) is 3.17. The van der Waals surface area contributed by atoms with Gasteiger partial charge in [-0.25, -0.2) is 4.98 Å². The van der Waals surface area contributed by atoms with Gasteiger partial charge in [-0.3, -0.25) is 4.79 Å². The number of halogens is 1. The van der Waals surface area contributed by atoms with Crippen LogP contribution in [-0.2, 0) is 11.2 Å². The van der Waals surface area contributed by atoms with Gasteiger partial charge >= 0.3 is 0 Å². The molecule has 0 amide bonds. The number of H-pyrrole nitrogens is 1. The van der Waals surface area contributed by atoms with Crippen molar-refractivity contribution in [3.05, 3.63) is 50.8 Å². The molecule has 6 heteroatoms. The van der Waals surface area contributed by atoms with Gasteiger partial charge in [0.2, 0.25) is 0 Å². The van der Waals surface area contributed by atoms with E-state index in [-0.39, 0.29) is 11.7 Å². The van der Waals surface area contributed by atoms with Gasteiger partial charge in [0.1, 0.15) is 10.7 Å². The quantitative estimate of drug-likeness (QED) is 0.779. The van der Waals surface area contributed by atoms with E-state index in [1.165, 1.54) is 11.3 Å². The number of benzene rings is 1. The molecule has 1 N–H and O–H groups in total. The molecular formula is C17H15ClN2O2S. The van der Waals surface area contributed by atoms with E-state index in [0.717, 1.165) is 35.4 Å². The lowest BCUT2D eigenvalue weighted by atomic mass is 10.1. The highest BCUT2D eigenvalue weighted by molar-refractivity contribution is 7.17. The monoisotopic (exact) mass is 346 g/mol. The molecule has 0 radical (unpaired) electrons. The van der Waals surface area contributed by atoms with Gasteiger partial charge < -0.3 is 9.72 Å². The highest BCUT2D eigenvalue weighted by Crippen LogP contribution is 2.34. The summed E-state index contributed by atoms with van der Waals surface area (Å²) in [6.45, 7) is 0.798. The van der Waals surface area contributed by atoms with Gasteiger partial charge in [-0.05, 0) is 18.9 Å². The van der Waals surface area contributed by atoms with Crippen LogP contribution in [0.4, 0.5) is 0 Å². The Labute approximate surface area is 142 Å². The van der Waals surface area contributed by atoms with Crippen molar-refractivity contribution in [1.82, 2.24) is 9.97 Å². The van der Waals surface area contributed by atoms with Crippen LogP contribution in [0.15, 0.2) is 34.4 Å². The zero-order valence-corrected chi connectivity index (χ0v) is 13.9. The fraction of sp³-hybridized carbons (Fsp3) is 0.294. The van der Waals surface area contributed by atoms with Gasteiger partial charge in [-0.15, -0.1) is 11.3 Å². The van der Waals surface area contributed by atoms with Gasteiger partial charge in [0, 0.05) is 34.6 Å². The maximum atomic E-state index is 12.6. The largest absolute Gasteiger partial charge is 0.378 e. The van der Waals surface area contributed by atoms with Crippen molar-refractivity contribution in [2.24, 2.45) is 0 Å². The maximum absolute atomic E-state index is 12.6. The summed E-state index contributed by atoms with van der Waals surface area (Å²) in [7, 11) is 0. The number of nitrogens with zero attached hydrogens (tertiary/aromatic N) is 1. The summed E-state index contributed by atoms with van der Waals surface area (Å²) in [5.41, 5.74) is 1.59. The van der Waals surface area contributed by atoms with Gasteiger partial charge in [-0.1, -0.05) is 29.8 Å². The first-order valence-corrected chi connectivity index (χ1v) is 8.85. The van der Waals surface area contributed by atoms with E-state index in [9.17, 15) is 4.79 Å². The van der Waals surface area contributed by atoms with Crippen LogP contribution >= 0.6 is 22.9 Å². The van der Waals surface area contributed by atoms with Gasteiger partial charge in [0.25, 0.3) is 5.56 Å². The molecule has 1 atom stereocenters. The molecule has 1 fully saturated rings. The number of hydrogen-bond acceptors (Lipinski definition) is 4. The minimum absolute atomic E-state index is 0.112. The predicted octanol–water partition coefficient (Wildman–Crippen LogP) is 4.03. The second-order valence-corrected chi connectivity index (χ2v) is 6.93. The standard InChI is InChI=1S/C17H15ClN2O2S/c18-13-6-2-1-5-11(13)12-9-23-17-15(12)16(21)19-14(20-17)8-10-4-3-7-22-10/h1-2,5-6,9-10H,3-4,7-8H2,(H,19,20,21)/t10-/m0/s1. The van der Waals surface area contributed by atoms with Crippen LogP contribution in [0.1, 0.15) is 18.7 Å². The summed E-state index contributed by atoms with van der Waals surface area (Å²) in [4.78, 5) is 20.8. The lowest BCUT2D eigenvalue weighted by Crippen LogP contribution is -2.17. The van der Waals surface area contributed by atoms with Crippen molar-refractivity contribution in [1.29, 1.82) is 0 Å². The SMILES string of the molecule is O=c1[nH]c(C[C@@H]2CCCO2)nc2scc(-c3ccccc3Cl)c12. The molecule has 23 heavy (non-hydrogen) atoms. The summed E-state index contributed by atoms with van der Waals surface area (Å²) in [5.74, 6) is 0.696. The number of ether oxygens (including phenoxy) is 1. The first kappa shape index (κ1) is 14.9. The Morgan fingerprint density at radius 3 is 3.00 bits per heavy atom. The molecule has 1 saturated heterocycles. The van der Waals surface area contributed by atoms with Crippen LogP contribution in [0.5, 0.6) is 0 Å². The minimum atomic E-state index is -0.112. The molecule has 0 unspecified atom stereocenters. The number of fused-ring (bicyclic) bond motifs is 1. The number of aromatic nitrogens is 2. The minimum Gasteiger partial charge on any atom is -0.378 e. The average molecular weight is 347 g/mol. The van der Waals surface area contributed by atoms with Crippen molar-refractivity contribution in [2.75, 3.05) is 6.61 Å².